The van der Waals surface area contributed by atoms with Crippen LogP contribution in [0.25, 0.3) is 0 Å². The van der Waals surface area contributed by atoms with Crippen molar-refractivity contribution in [2.45, 2.75) is 44.6 Å². The minimum absolute atomic E-state index is 0.0195. The van der Waals surface area contributed by atoms with Crippen molar-refractivity contribution in [1.82, 2.24) is 10.8 Å². The molecule has 2 fully saturated rings. The third-order valence-electron chi connectivity index (χ3n) is 5.05. The zero-order valence-electron chi connectivity index (χ0n) is 14.2. The van der Waals surface area contributed by atoms with Crippen LogP contribution in [0, 0.1) is 11.8 Å². The molecule has 1 aliphatic carbocycles. The molecule has 1 heterocycles. The van der Waals surface area contributed by atoms with E-state index < -0.39 is 23.5 Å². The fourth-order valence-corrected chi connectivity index (χ4v) is 3.58. The molecule has 2 atom stereocenters. The molecule has 1 aromatic carbocycles. The first-order valence-electron chi connectivity index (χ1n) is 8.96. The Bertz CT molecular complexity index is 626. The van der Waals surface area contributed by atoms with Crippen molar-refractivity contribution < 1.29 is 19.2 Å². The second kappa shape index (κ2) is 8.25. The molecule has 0 unspecified atom stereocenters. The minimum Gasteiger partial charge on any atom is -0.355 e. The molecule has 1 saturated carbocycles. The highest BCUT2D eigenvalue weighted by Gasteiger charge is 2.41. The van der Waals surface area contributed by atoms with Gasteiger partial charge in [-0.3, -0.25) is 19.2 Å². The van der Waals surface area contributed by atoms with Crippen molar-refractivity contribution in [3.8, 4) is 0 Å². The average molecular weight is 344 g/mol. The molecule has 0 spiro atoms. The number of ketones is 1. The van der Waals surface area contributed by atoms with Crippen molar-refractivity contribution in [1.29, 1.82) is 0 Å². The zero-order chi connectivity index (χ0) is 17.6. The summed E-state index contributed by atoms with van der Waals surface area (Å²) in [5.74, 6) is -2.69. The molecule has 0 aromatic heterocycles. The summed E-state index contributed by atoms with van der Waals surface area (Å²) in [4.78, 5) is 42.1. The first-order chi connectivity index (χ1) is 12.1. The number of nitrogens with one attached hydrogen (secondary N) is 2. The Morgan fingerprint density at radius 3 is 2.56 bits per heavy atom. The number of amides is 2. The van der Waals surface area contributed by atoms with Gasteiger partial charge >= 0.3 is 5.91 Å². The number of carbonyl (C=O) groups is 3. The number of Topliss-reactive ketones (excluding diaryl/α,β-unsaturated/α-hetero) is 1. The number of carbonyl (C=O) groups excluding carboxylic acids is 3. The van der Waals surface area contributed by atoms with Gasteiger partial charge in [-0.05, 0) is 24.8 Å². The smallest absolute Gasteiger partial charge is 0.311 e. The molecular formula is C19H24N2O4. The van der Waals surface area contributed by atoms with Gasteiger partial charge in [-0.1, -0.05) is 49.6 Å². The lowest BCUT2D eigenvalue weighted by Crippen LogP contribution is -2.40. The number of hydrogen-bond donors (Lipinski definition) is 2. The summed E-state index contributed by atoms with van der Waals surface area (Å²) in [6, 6.07) is 9.52. The van der Waals surface area contributed by atoms with E-state index in [4.69, 9.17) is 4.84 Å². The highest BCUT2D eigenvalue weighted by molar-refractivity contribution is 6.37. The van der Waals surface area contributed by atoms with E-state index in [1.165, 1.54) is 6.42 Å². The Balaban J connectivity index is 1.57. The number of rotatable bonds is 6. The Hall–Kier alpha value is -2.21. The predicted octanol–water partition coefficient (Wildman–Crippen LogP) is 1.54. The van der Waals surface area contributed by atoms with Crippen LogP contribution < -0.4 is 10.8 Å². The van der Waals surface area contributed by atoms with Gasteiger partial charge in [-0.15, -0.1) is 0 Å². The molecule has 1 aliphatic heterocycles. The second-order valence-corrected chi connectivity index (χ2v) is 6.82. The normalized spacial score (nSPS) is 23.9. The van der Waals surface area contributed by atoms with Gasteiger partial charge in [-0.2, -0.15) is 0 Å². The Labute approximate surface area is 147 Å². The van der Waals surface area contributed by atoms with E-state index >= 15 is 0 Å². The molecule has 2 N–H and O–H groups in total. The average Bonchev–Trinajstić information content (AvgIpc) is 3.01. The molecule has 6 heteroatoms. The van der Waals surface area contributed by atoms with E-state index in [1.807, 2.05) is 30.3 Å². The number of hydroxylamine groups is 1. The summed E-state index contributed by atoms with van der Waals surface area (Å²) in [5, 5.41) is 2.70. The Kier molecular flexibility index (Phi) is 5.81. The molecule has 3 rings (SSSR count). The van der Waals surface area contributed by atoms with Crippen LogP contribution in [0.4, 0.5) is 0 Å². The topological polar surface area (TPSA) is 84.5 Å². The summed E-state index contributed by atoms with van der Waals surface area (Å²) >= 11 is 0. The van der Waals surface area contributed by atoms with Gasteiger partial charge in [0.15, 0.2) is 0 Å². The monoisotopic (exact) mass is 344 g/mol. The fourth-order valence-electron chi connectivity index (χ4n) is 3.58. The van der Waals surface area contributed by atoms with Crippen LogP contribution in [0.1, 0.15) is 37.7 Å². The van der Waals surface area contributed by atoms with Crippen molar-refractivity contribution in [3.63, 3.8) is 0 Å². The van der Waals surface area contributed by atoms with Gasteiger partial charge in [0.1, 0.15) is 0 Å². The zero-order valence-corrected chi connectivity index (χ0v) is 14.2. The molecule has 0 bridgehead atoms. The van der Waals surface area contributed by atoms with Crippen LogP contribution in [-0.2, 0) is 25.6 Å². The van der Waals surface area contributed by atoms with E-state index in [1.54, 1.807) is 0 Å². The SMILES string of the molecule is O=C(NOC1CCCCC1)C(=O)[C@H]1CNC(=O)[C@@H]1Cc1ccccc1. The molecule has 25 heavy (non-hydrogen) atoms. The standard InChI is InChI=1S/C19H24N2O4/c22-17(19(24)21-25-14-9-5-2-6-10-14)16-12-20-18(23)15(16)11-13-7-3-1-4-8-13/h1,3-4,7-8,14-16H,2,5-6,9-12H2,(H,20,23)(H,21,24)/t15-,16+/m1/s1. The Morgan fingerprint density at radius 1 is 1.12 bits per heavy atom. The van der Waals surface area contributed by atoms with Crippen LogP contribution >= 0.6 is 0 Å². The van der Waals surface area contributed by atoms with E-state index in [0.717, 1.165) is 31.2 Å². The maximum Gasteiger partial charge on any atom is 0.311 e. The largest absolute Gasteiger partial charge is 0.355 e. The fraction of sp³-hybridized carbons (Fsp3) is 0.526. The molecule has 1 aromatic rings. The summed E-state index contributed by atoms with van der Waals surface area (Å²) in [6.07, 6.45) is 5.56. The first-order valence-corrected chi connectivity index (χ1v) is 8.96. The second-order valence-electron chi connectivity index (χ2n) is 6.82. The number of benzene rings is 1. The quantitative estimate of drug-likeness (QED) is 0.606. The van der Waals surface area contributed by atoms with Crippen molar-refractivity contribution in [3.05, 3.63) is 35.9 Å². The van der Waals surface area contributed by atoms with Gasteiger partial charge in [0.05, 0.1) is 17.9 Å². The van der Waals surface area contributed by atoms with Crippen LogP contribution in [0.5, 0.6) is 0 Å². The van der Waals surface area contributed by atoms with Crippen LogP contribution in [-0.4, -0.2) is 30.2 Å². The van der Waals surface area contributed by atoms with Gasteiger partial charge in [0.25, 0.3) is 0 Å². The molecule has 1 saturated heterocycles. The Morgan fingerprint density at radius 2 is 1.84 bits per heavy atom. The van der Waals surface area contributed by atoms with Crippen LogP contribution in [0.3, 0.4) is 0 Å². The summed E-state index contributed by atoms with van der Waals surface area (Å²) < 4.78 is 0. The van der Waals surface area contributed by atoms with Gasteiger partial charge in [0.2, 0.25) is 11.7 Å². The highest BCUT2D eigenvalue weighted by atomic mass is 16.7. The molecule has 2 aliphatic rings. The molecule has 2 amide bonds. The summed E-state index contributed by atoms with van der Waals surface area (Å²) in [6.45, 7) is 0.200. The van der Waals surface area contributed by atoms with Crippen molar-refractivity contribution in [2.75, 3.05) is 6.54 Å². The third kappa shape index (κ3) is 4.45. The minimum atomic E-state index is -0.759. The van der Waals surface area contributed by atoms with Gasteiger partial charge < -0.3 is 5.32 Å². The van der Waals surface area contributed by atoms with E-state index in [0.29, 0.717) is 6.42 Å². The number of hydrogen-bond acceptors (Lipinski definition) is 4. The first kappa shape index (κ1) is 17.6. The van der Waals surface area contributed by atoms with Gasteiger partial charge in [0, 0.05) is 6.54 Å². The lowest BCUT2D eigenvalue weighted by molar-refractivity contribution is -0.152. The molecule has 6 nitrogen and oxygen atoms in total. The van der Waals surface area contributed by atoms with Crippen LogP contribution in [0.15, 0.2) is 30.3 Å². The van der Waals surface area contributed by atoms with Crippen LogP contribution in [0.2, 0.25) is 0 Å². The van der Waals surface area contributed by atoms with Crippen molar-refractivity contribution in [2.24, 2.45) is 11.8 Å². The molecule has 0 radical (unpaired) electrons. The van der Waals surface area contributed by atoms with E-state index in [9.17, 15) is 14.4 Å². The molecule has 134 valence electrons. The van der Waals surface area contributed by atoms with Gasteiger partial charge in [-0.25, -0.2) is 5.48 Å². The summed E-state index contributed by atoms with van der Waals surface area (Å²) in [5.41, 5.74) is 3.27. The molecular weight excluding hydrogens is 320 g/mol. The van der Waals surface area contributed by atoms with E-state index in [2.05, 4.69) is 10.8 Å². The lowest BCUT2D eigenvalue weighted by atomic mass is 9.86. The maximum absolute atomic E-state index is 12.5. The lowest BCUT2D eigenvalue weighted by Gasteiger charge is -2.22. The summed E-state index contributed by atoms with van der Waals surface area (Å²) in [7, 11) is 0. The van der Waals surface area contributed by atoms with Crippen molar-refractivity contribution >= 4 is 17.6 Å². The predicted molar refractivity (Wildman–Crippen MR) is 91.2 cm³/mol. The van der Waals surface area contributed by atoms with E-state index in [-0.39, 0.29) is 18.6 Å². The third-order valence-corrected chi connectivity index (χ3v) is 5.05. The highest BCUT2D eigenvalue weighted by Crippen LogP contribution is 2.24. The maximum atomic E-state index is 12.5.